The number of sulfone groups is 1. The molecule has 84 valence electrons. The minimum absolute atomic E-state index is 0.168. The van der Waals surface area contributed by atoms with E-state index in [-0.39, 0.29) is 6.42 Å². The van der Waals surface area contributed by atoms with Crippen LogP contribution in [0.2, 0.25) is 0 Å². The first-order valence-electron chi connectivity index (χ1n) is 4.10. The Hall–Kier alpha value is -0.660. The zero-order valence-corrected chi connectivity index (χ0v) is 9.22. The van der Waals surface area contributed by atoms with Gasteiger partial charge in [0.05, 0.1) is 0 Å². The van der Waals surface area contributed by atoms with Crippen LogP contribution in [0.25, 0.3) is 0 Å². The second-order valence-electron chi connectivity index (χ2n) is 3.28. The summed E-state index contributed by atoms with van der Waals surface area (Å²) >= 11 is 0. The van der Waals surface area contributed by atoms with Crippen LogP contribution in [0.15, 0.2) is 0 Å². The van der Waals surface area contributed by atoms with Crippen molar-refractivity contribution in [1.29, 1.82) is 0 Å². The van der Waals surface area contributed by atoms with Crippen molar-refractivity contribution in [3.8, 4) is 0 Å². The number of hydrogen-bond donors (Lipinski definition) is 2. The van der Waals surface area contributed by atoms with Gasteiger partial charge in [-0.05, 0) is 13.3 Å². The van der Waals surface area contributed by atoms with E-state index in [4.69, 9.17) is 5.26 Å². The summed E-state index contributed by atoms with van der Waals surface area (Å²) in [5.74, 6) is -0.871. The van der Waals surface area contributed by atoms with E-state index in [0.717, 1.165) is 6.26 Å². The van der Waals surface area contributed by atoms with Crippen molar-refractivity contribution in [3.05, 3.63) is 0 Å². The first kappa shape index (κ1) is 13.3. The van der Waals surface area contributed by atoms with Gasteiger partial charge in [-0.25, -0.2) is 19.2 Å². The molecule has 0 saturated heterocycles. The molecule has 2 N–H and O–H groups in total. The molecule has 6 nitrogen and oxygen atoms in total. The van der Waals surface area contributed by atoms with Gasteiger partial charge >= 0.3 is 0 Å². The number of rotatable bonds is 5. The summed E-state index contributed by atoms with van der Waals surface area (Å²) in [5, 5.41) is 8.01. The highest BCUT2D eigenvalue weighted by molar-refractivity contribution is 7.92. The monoisotopic (exact) mass is 225 g/mol. The van der Waals surface area contributed by atoms with Gasteiger partial charge in [-0.1, -0.05) is 13.3 Å². The van der Waals surface area contributed by atoms with Crippen LogP contribution >= 0.6 is 0 Å². The smallest absolute Gasteiger partial charge is 0.267 e. The number of carbonyl (C=O) groups is 1. The first-order valence-corrected chi connectivity index (χ1v) is 5.99. The summed E-state index contributed by atoms with van der Waals surface area (Å²) in [6.07, 6.45) is 1.67. The van der Waals surface area contributed by atoms with E-state index in [0.29, 0.717) is 6.42 Å². The summed E-state index contributed by atoms with van der Waals surface area (Å²) in [4.78, 5) is 14.8. The fraction of sp³-hybridized carbons (Fsp3) is 0.857. The number of hydrogen-bond acceptors (Lipinski definition) is 5. The molecule has 0 bridgehead atoms. The Bertz CT molecular complexity index is 299. The van der Waals surface area contributed by atoms with Crippen LogP contribution in [-0.2, 0) is 19.6 Å². The Labute approximate surface area is 83.1 Å². The van der Waals surface area contributed by atoms with Crippen molar-refractivity contribution < 1.29 is 23.5 Å². The second kappa shape index (κ2) is 4.72. The van der Waals surface area contributed by atoms with Gasteiger partial charge in [0.15, 0.2) is 9.84 Å². The second-order valence-corrected chi connectivity index (χ2v) is 5.72. The van der Waals surface area contributed by atoms with Crippen molar-refractivity contribution in [1.82, 2.24) is 5.48 Å². The zero-order chi connectivity index (χ0) is 11.4. The highest BCUT2D eigenvalue weighted by Crippen LogP contribution is 2.22. The predicted molar refractivity (Wildman–Crippen MR) is 50.0 cm³/mol. The molecule has 0 aromatic carbocycles. The zero-order valence-electron chi connectivity index (χ0n) is 8.40. The maximum Gasteiger partial charge on any atom is 0.267 e. The van der Waals surface area contributed by atoms with Crippen molar-refractivity contribution in [2.75, 3.05) is 6.26 Å². The minimum Gasteiger partial charge on any atom is -0.271 e. The lowest BCUT2D eigenvalue weighted by Gasteiger charge is -2.24. The van der Waals surface area contributed by atoms with E-state index in [2.05, 4.69) is 4.99 Å². The molecule has 0 saturated carbocycles. The highest BCUT2D eigenvalue weighted by Gasteiger charge is 2.42. The third-order valence-corrected chi connectivity index (χ3v) is 4.19. The number of hydroxylamine groups is 1. The van der Waals surface area contributed by atoms with Gasteiger partial charge in [0.1, 0.15) is 4.75 Å². The summed E-state index contributed by atoms with van der Waals surface area (Å²) in [5.41, 5.74) is 1.61. The number of nitrogens with one attached hydrogen (secondary N) is 1. The molecule has 0 rings (SSSR count). The van der Waals surface area contributed by atoms with E-state index >= 15 is 0 Å². The molecule has 0 aromatic heterocycles. The van der Waals surface area contributed by atoms with Crippen LogP contribution in [0.5, 0.6) is 0 Å². The average molecular weight is 225 g/mol. The van der Waals surface area contributed by atoms with Gasteiger partial charge in [0.2, 0.25) is 0 Å². The van der Waals surface area contributed by atoms with Crippen LogP contribution in [0.1, 0.15) is 26.7 Å². The summed E-state index contributed by atoms with van der Waals surface area (Å²) in [6.45, 7) is 3.05. The standard InChI is InChI=1S/C7H15NO5S/c1-4-5-7(2,14(3,11)12)6(9)8-13-10/h10H,4-5H2,1-3H3,(H,8,9). The van der Waals surface area contributed by atoms with Crippen molar-refractivity contribution in [3.63, 3.8) is 0 Å². The quantitative estimate of drug-likeness (QED) is 0.511. The molecule has 1 atom stereocenters. The molecule has 0 heterocycles. The maximum atomic E-state index is 11.4. The van der Waals surface area contributed by atoms with Crippen molar-refractivity contribution in [2.45, 2.75) is 31.4 Å². The molecular weight excluding hydrogens is 210 g/mol. The molecule has 14 heavy (non-hydrogen) atoms. The maximum absolute atomic E-state index is 11.4. The fourth-order valence-corrected chi connectivity index (χ4v) is 2.05. The van der Waals surface area contributed by atoms with Gasteiger partial charge in [0, 0.05) is 6.26 Å². The number of amides is 1. The van der Waals surface area contributed by atoms with Crippen LogP contribution in [-0.4, -0.2) is 30.6 Å². The van der Waals surface area contributed by atoms with E-state index < -0.39 is 20.5 Å². The summed E-state index contributed by atoms with van der Waals surface area (Å²) in [7, 11) is -3.55. The molecule has 0 aliphatic rings. The van der Waals surface area contributed by atoms with Gasteiger partial charge < -0.3 is 0 Å². The summed E-state index contributed by atoms with van der Waals surface area (Å²) < 4.78 is 21.2. The number of carbonyl (C=O) groups excluding carboxylic acids is 1. The van der Waals surface area contributed by atoms with E-state index in [1.807, 2.05) is 0 Å². The third kappa shape index (κ3) is 2.66. The van der Waals surface area contributed by atoms with E-state index in [1.165, 1.54) is 6.92 Å². The van der Waals surface area contributed by atoms with Gasteiger partial charge in [0.25, 0.3) is 5.91 Å². The molecule has 7 heteroatoms. The normalized spacial score (nSPS) is 16.0. The van der Waals surface area contributed by atoms with Crippen LogP contribution in [0, 0.1) is 0 Å². The molecule has 0 aromatic rings. The van der Waals surface area contributed by atoms with Crippen LogP contribution in [0.4, 0.5) is 0 Å². The largest absolute Gasteiger partial charge is 0.271 e. The summed E-state index contributed by atoms with van der Waals surface area (Å²) in [6, 6.07) is 0. The lowest BCUT2D eigenvalue weighted by molar-refractivity contribution is -0.285. The Morgan fingerprint density at radius 2 is 2.07 bits per heavy atom. The molecule has 0 fully saturated rings. The SMILES string of the molecule is CCCC(C)(C(=O)NOO)S(C)(=O)=O. The topological polar surface area (TPSA) is 92.7 Å². The van der Waals surface area contributed by atoms with Gasteiger partial charge in [-0.15, -0.1) is 4.99 Å². The molecular formula is C7H15NO5S. The Morgan fingerprint density at radius 3 is 2.36 bits per heavy atom. The van der Waals surface area contributed by atoms with E-state index in [9.17, 15) is 13.2 Å². The van der Waals surface area contributed by atoms with Gasteiger partial charge in [-0.2, -0.15) is 0 Å². The van der Waals surface area contributed by atoms with E-state index in [1.54, 1.807) is 12.4 Å². The first-order chi connectivity index (χ1) is 6.29. The van der Waals surface area contributed by atoms with Crippen molar-refractivity contribution in [2.24, 2.45) is 0 Å². The van der Waals surface area contributed by atoms with Crippen LogP contribution in [0.3, 0.4) is 0 Å². The van der Waals surface area contributed by atoms with Crippen molar-refractivity contribution >= 4 is 15.7 Å². The Morgan fingerprint density at radius 1 is 1.57 bits per heavy atom. The fourth-order valence-electron chi connectivity index (χ4n) is 1.09. The molecule has 0 aliphatic carbocycles. The predicted octanol–water partition coefficient (Wildman–Crippen LogP) is 0.111. The third-order valence-electron chi connectivity index (χ3n) is 2.16. The molecule has 0 radical (unpaired) electrons. The van der Waals surface area contributed by atoms with Gasteiger partial charge in [-0.3, -0.25) is 4.79 Å². The molecule has 1 amide bonds. The minimum atomic E-state index is -3.55. The van der Waals surface area contributed by atoms with Crippen LogP contribution < -0.4 is 5.48 Å². The molecule has 1 unspecified atom stereocenters. The Balaban J connectivity index is 5.01. The lowest BCUT2D eigenvalue weighted by Crippen LogP contribution is -2.49. The molecule has 0 aliphatic heterocycles. The Kier molecular flexibility index (Phi) is 4.50. The average Bonchev–Trinajstić information content (AvgIpc) is 2.03. The molecule has 0 spiro atoms. The highest BCUT2D eigenvalue weighted by atomic mass is 32.2. The lowest BCUT2D eigenvalue weighted by atomic mass is 10.1.